The minimum atomic E-state index is -0.184. The van der Waals surface area contributed by atoms with Gasteiger partial charge in [-0.25, -0.2) is 4.98 Å². The van der Waals surface area contributed by atoms with Gasteiger partial charge in [-0.2, -0.15) is 0 Å². The highest BCUT2D eigenvalue weighted by Crippen LogP contribution is 2.26. The van der Waals surface area contributed by atoms with Crippen LogP contribution in [-0.4, -0.2) is 55.1 Å². The predicted octanol–water partition coefficient (Wildman–Crippen LogP) is 4.01. The van der Waals surface area contributed by atoms with Crippen LogP contribution in [0.3, 0.4) is 0 Å². The Bertz CT molecular complexity index is 1060. The summed E-state index contributed by atoms with van der Waals surface area (Å²) in [6, 6.07) is 15.7. The smallest absolute Gasteiger partial charge is 0.262 e. The number of carbonyl (C=O) groups is 1. The van der Waals surface area contributed by atoms with Gasteiger partial charge in [0, 0.05) is 37.3 Å². The Hall–Kier alpha value is -3.12. The molecule has 0 bridgehead atoms. The van der Waals surface area contributed by atoms with Gasteiger partial charge in [-0.05, 0) is 62.4 Å². The van der Waals surface area contributed by atoms with Crippen molar-refractivity contribution in [3.63, 3.8) is 0 Å². The first kappa shape index (κ1) is 21.1. The lowest BCUT2D eigenvalue weighted by molar-refractivity contribution is -0.118. The molecule has 6 heteroatoms. The van der Waals surface area contributed by atoms with Crippen LogP contribution in [0.15, 0.2) is 48.5 Å². The number of nitrogens with one attached hydrogen (secondary N) is 1. The first-order chi connectivity index (χ1) is 15.0. The highest BCUT2D eigenvalue weighted by atomic mass is 16.5. The molecule has 1 saturated heterocycles. The van der Waals surface area contributed by atoms with E-state index < -0.39 is 0 Å². The molecule has 0 saturated carbocycles. The number of carbonyl (C=O) groups excluding carboxylic acids is 1. The van der Waals surface area contributed by atoms with Crippen LogP contribution in [0, 0.1) is 13.8 Å². The number of fused-ring (bicyclic) bond motifs is 1. The lowest BCUT2D eigenvalue weighted by atomic mass is 10.1. The molecule has 31 heavy (non-hydrogen) atoms. The summed E-state index contributed by atoms with van der Waals surface area (Å²) in [5.74, 6) is 1.53. The summed E-state index contributed by atoms with van der Waals surface area (Å²) in [6.07, 6.45) is 0. The largest absolute Gasteiger partial charge is 0.484 e. The standard InChI is InChI=1S/C25H30N4O2/c1-4-28-11-13-29(14-12-28)24-15-19(3)22-16-20(7-10-23(22)27-24)26-25(30)17-31-21-8-5-18(2)6-9-21/h5-10,15-16H,4,11-14,17H2,1-3H3,(H,26,30). The predicted molar refractivity (Wildman–Crippen MR) is 126 cm³/mol. The van der Waals surface area contributed by atoms with Gasteiger partial charge in [0.1, 0.15) is 11.6 Å². The average molecular weight is 419 g/mol. The molecule has 2 aromatic carbocycles. The number of amides is 1. The Labute approximate surface area is 183 Å². The average Bonchev–Trinajstić information content (AvgIpc) is 2.79. The molecule has 6 nitrogen and oxygen atoms in total. The zero-order valence-corrected chi connectivity index (χ0v) is 18.5. The van der Waals surface area contributed by atoms with Crippen LogP contribution in [0.1, 0.15) is 18.1 Å². The molecule has 0 radical (unpaired) electrons. The molecule has 162 valence electrons. The summed E-state index contributed by atoms with van der Waals surface area (Å²) in [6.45, 7) is 11.5. The fourth-order valence-electron chi connectivity index (χ4n) is 3.89. The van der Waals surface area contributed by atoms with E-state index in [9.17, 15) is 4.79 Å². The van der Waals surface area contributed by atoms with Crippen molar-refractivity contribution < 1.29 is 9.53 Å². The summed E-state index contributed by atoms with van der Waals surface area (Å²) < 4.78 is 5.57. The number of benzene rings is 2. The lowest BCUT2D eigenvalue weighted by Crippen LogP contribution is -2.46. The van der Waals surface area contributed by atoms with Gasteiger partial charge < -0.3 is 19.9 Å². The van der Waals surface area contributed by atoms with E-state index in [1.807, 2.05) is 49.4 Å². The number of likely N-dealkylation sites (N-methyl/N-ethyl adjacent to an activating group) is 1. The Kier molecular flexibility index (Phi) is 6.37. The highest BCUT2D eigenvalue weighted by Gasteiger charge is 2.18. The highest BCUT2D eigenvalue weighted by molar-refractivity contribution is 5.95. The van der Waals surface area contributed by atoms with Crippen LogP contribution in [0.5, 0.6) is 5.75 Å². The minimum Gasteiger partial charge on any atom is -0.484 e. The number of aryl methyl sites for hydroxylation is 2. The first-order valence-electron chi connectivity index (χ1n) is 10.9. The Morgan fingerprint density at radius 3 is 2.48 bits per heavy atom. The zero-order valence-electron chi connectivity index (χ0n) is 18.5. The fraction of sp³-hybridized carbons (Fsp3) is 0.360. The van der Waals surface area contributed by atoms with E-state index in [0.717, 1.165) is 66.3 Å². The van der Waals surface area contributed by atoms with Crippen LogP contribution < -0.4 is 15.0 Å². The number of aromatic nitrogens is 1. The van der Waals surface area contributed by atoms with Crippen LogP contribution in [-0.2, 0) is 4.79 Å². The summed E-state index contributed by atoms with van der Waals surface area (Å²) >= 11 is 0. The molecular formula is C25H30N4O2. The van der Waals surface area contributed by atoms with Gasteiger partial charge in [-0.3, -0.25) is 4.79 Å². The van der Waals surface area contributed by atoms with Crippen LogP contribution in [0.2, 0.25) is 0 Å². The Balaban J connectivity index is 1.42. The molecular weight excluding hydrogens is 388 g/mol. The first-order valence-corrected chi connectivity index (χ1v) is 10.9. The van der Waals surface area contributed by atoms with Gasteiger partial charge in [0.05, 0.1) is 5.52 Å². The number of hydrogen-bond donors (Lipinski definition) is 1. The second-order valence-electron chi connectivity index (χ2n) is 8.10. The molecule has 3 aromatic rings. The summed E-state index contributed by atoms with van der Waals surface area (Å²) in [7, 11) is 0. The molecule has 1 aliphatic rings. The topological polar surface area (TPSA) is 57.7 Å². The van der Waals surface area contributed by atoms with Gasteiger partial charge in [-0.1, -0.05) is 24.6 Å². The maximum Gasteiger partial charge on any atom is 0.262 e. The van der Waals surface area contributed by atoms with Crippen LogP contribution in [0.4, 0.5) is 11.5 Å². The molecule has 1 aromatic heterocycles. The van der Waals surface area contributed by atoms with E-state index in [1.165, 1.54) is 0 Å². The van der Waals surface area contributed by atoms with E-state index in [1.54, 1.807) is 0 Å². The molecule has 1 N–H and O–H groups in total. The van der Waals surface area contributed by atoms with E-state index in [-0.39, 0.29) is 12.5 Å². The third-order valence-corrected chi connectivity index (χ3v) is 5.82. The summed E-state index contributed by atoms with van der Waals surface area (Å²) in [4.78, 5) is 22.0. The molecule has 2 heterocycles. The van der Waals surface area contributed by atoms with E-state index >= 15 is 0 Å². The molecule has 0 unspecified atom stereocenters. The van der Waals surface area contributed by atoms with Crippen molar-refractivity contribution in [3.05, 3.63) is 59.7 Å². The molecule has 1 fully saturated rings. The van der Waals surface area contributed by atoms with Crippen LogP contribution >= 0.6 is 0 Å². The van der Waals surface area contributed by atoms with Gasteiger partial charge >= 0.3 is 0 Å². The number of hydrogen-bond acceptors (Lipinski definition) is 5. The second-order valence-corrected chi connectivity index (χ2v) is 8.10. The fourth-order valence-corrected chi connectivity index (χ4v) is 3.89. The third kappa shape index (κ3) is 5.14. The van der Waals surface area contributed by atoms with Crippen molar-refractivity contribution in [2.24, 2.45) is 0 Å². The molecule has 1 amide bonds. The van der Waals surface area contributed by atoms with Gasteiger partial charge in [0.2, 0.25) is 0 Å². The SMILES string of the molecule is CCN1CCN(c2cc(C)c3cc(NC(=O)COc4ccc(C)cc4)ccc3n2)CC1. The van der Waals surface area contributed by atoms with Crippen molar-refractivity contribution in [3.8, 4) is 5.75 Å². The van der Waals surface area contributed by atoms with Crippen molar-refractivity contribution in [2.45, 2.75) is 20.8 Å². The second kappa shape index (κ2) is 9.35. The van der Waals surface area contributed by atoms with Gasteiger partial charge in [-0.15, -0.1) is 0 Å². The monoisotopic (exact) mass is 418 g/mol. The van der Waals surface area contributed by atoms with E-state index in [4.69, 9.17) is 9.72 Å². The number of nitrogens with zero attached hydrogens (tertiary/aromatic N) is 3. The summed E-state index contributed by atoms with van der Waals surface area (Å²) in [5, 5.41) is 3.97. The van der Waals surface area contributed by atoms with Crippen molar-refractivity contribution in [1.29, 1.82) is 0 Å². The summed E-state index contributed by atoms with van der Waals surface area (Å²) in [5.41, 5.74) is 4.01. The van der Waals surface area contributed by atoms with E-state index in [2.05, 4.69) is 35.0 Å². The van der Waals surface area contributed by atoms with E-state index in [0.29, 0.717) is 5.75 Å². The zero-order chi connectivity index (χ0) is 21.8. The van der Waals surface area contributed by atoms with Crippen molar-refractivity contribution >= 4 is 28.3 Å². The van der Waals surface area contributed by atoms with Crippen molar-refractivity contribution in [1.82, 2.24) is 9.88 Å². The maximum atomic E-state index is 12.3. The molecule has 0 spiro atoms. The number of ether oxygens (including phenoxy) is 1. The minimum absolute atomic E-state index is 0.0268. The number of piperazine rings is 1. The normalized spacial score (nSPS) is 14.6. The molecule has 0 atom stereocenters. The maximum absolute atomic E-state index is 12.3. The quantitative estimate of drug-likeness (QED) is 0.655. The molecule has 1 aliphatic heterocycles. The Morgan fingerprint density at radius 2 is 1.77 bits per heavy atom. The van der Waals surface area contributed by atoms with Crippen molar-refractivity contribution in [2.75, 3.05) is 49.5 Å². The Morgan fingerprint density at radius 1 is 1.03 bits per heavy atom. The van der Waals surface area contributed by atoms with Gasteiger partial charge in [0.15, 0.2) is 6.61 Å². The number of anilines is 2. The van der Waals surface area contributed by atoms with Gasteiger partial charge in [0.25, 0.3) is 5.91 Å². The third-order valence-electron chi connectivity index (χ3n) is 5.82. The van der Waals surface area contributed by atoms with Crippen LogP contribution in [0.25, 0.3) is 10.9 Å². The lowest BCUT2D eigenvalue weighted by Gasteiger charge is -2.35. The molecule has 0 aliphatic carbocycles. The number of rotatable bonds is 6. The number of pyridine rings is 1. The molecule has 4 rings (SSSR count).